The highest BCUT2D eigenvalue weighted by Crippen LogP contribution is 2.24. The second kappa shape index (κ2) is 8.90. The van der Waals surface area contributed by atoms with Crippen LogP contribution in [0.4, 0.5) is 0 Å². The lowest BCUT2D eigenvalue weighted by Crippen LogP contribution is -2.41. The van der Waals surface area contributed by atoms with Crippen molar-refractivity contribution in [3.05, 3.63) is 0 Å². The number of nitrogens with zero attached hydrogens (tertiary/aromatic N) is 1. The van der Waals surface area contributed by atoms with Gasteiger partial charge >= 0.3 is 0 Å². The van der Waals surface area contributed by atoms with Gasteiger partial charge in [0.25, 0.3) is 0 Å². The molecule has 0 aromatic carbocycles. The molecule has 102 valence electrons. The van der Waals surface area contributed by atoms with Crippen LogP contribution in [0.3, 0.4) is 0 Å². The minimum Gasteiger partial charge on any atom is -0.396 e. The van der Waals surface area contributed by atoms with E-state index in [1.165, 1.54) is 38.6 Å². The summed E-state index contributed by atoms with van der Waals surface area (Å²) in [5.41, 5.74) is 0. The third kappa shape index (κ3) is 6.39. The highest BCUT2D eigenvalue weighted by molar-refractivity contribution is 4.73. The average Bonchev–Trinajstić information content (AvgIpc) is 2.30. The molecular weight excluding hydrogens is 212 g/mol. The van der Waals surface area contributed by atoms with Crippen LogP contribution in [0.15, 0.2) is 0 Å². The first-order valence-electron chi connectivity index (χ1n) is 7.29. The molecule has 0 spiro atoms. The summed E-state index contributed by atoms with van der Waals surface area (Å²) in [7, 11) is 2.22. The number of hydrogen-bond acceptors (Lipinski definition) is 3. The van der Waals surface area contributed by atoms with Gasteiger partial charge in [-0.2, -0.15) is 0 Å². The first-order valence-corrected chi connectivity index (χ1v) is 7.29. The van der Waals surface area contributed by atoms with Gasteiger partial charge in [0.2, 0.25) is 0 Å². The fourth-order valence-corrected chi connectivity index (χ4v) is 2.96. The molecule has 0 amide bonds. The van der Waals surface area contributed by atoms with Crippen LogP contribution >= 0.6 is 0 Å². The fraction of sp³-hybridized carbons (Fsp3) is 1.00. The fourth-order valence-electron chi connectivity index (χ4n) is 2.96. The second-order valence-corrected chi connectivity index (χ2v) is 5.49. The third-order valence-electron chi connectivity index (χ3n) is 3.80. The van der Waals surface area contributed by atoms with Crippen molar-refractivity contribution >= 4 is 0 Å². The summed E-state index contributed by atoms with van der Waals surface area (Å²) in [5, 5.41) is 12.5. The topological polar surface area (TPSA) is 35.5 Å². The van der Waals surface area contributed by atoms with Crippen molar-refractivity contribution in [2.75, 3.05) is 33.3 Å². The van der Waals surface area contributed by atoms with E-state index in [-0.39, 0.29) is 6.61 Å². The maximum Gasteiger partial charge on any atom is 0.0446 e. The maximum atomic E-state index is 9.04. The lowest BCUT2D eigenvalue weighted by Gasteiger charge is -2.29. The van der Waals surface area contributed by atoms with E-state index in [4.69, 9.17) is 5.11 Å². The summed E-state index contributed by atoms with van der Waals surface area (Å²) in [6.45, 7) is 5.70. The van der Waals surface area contributed by atoms with Crippen molar-refractivity contribution in [3.8, 4) is 0 Å². The van der Waals surface area contributed by atoms with Crippen molar-refractivity contribution < 1.29 is 5.11 Å². The molecule has 0 bridgehead atoms. The molecule has 3 nitrogen and oxygen atoms in total. The molecular formula is C14H30N2O. The van der Waals surface area contributed by atoms with Gasteiger partial charge in [-0.1, -0.05) is 26.2 Å². The van der Waals surface area contributed by atoms with Gasteiger partial charge in [-0.15, -0.1) is 0 Å². The number of nitrogens with one attached hydrogen (secondary N) is 1. The highest BCUT2D eigenvalue weighted by atomic mass is 16.3. The first-order chi connectivity index (χ1) is 8.26. The summed E-state index contributed by atoms with van der Waals surface area (Å²) in [6.07, 6.45) is 7.97. The van der Waals surface area contributed by atoms with Crippen LogP contribution in [-0.2, 0) is 0 Å². The van der Waals surface area contributed by atoms with Gasteiger partial charge in [-0.3, -0.25) is 0 Å². The zero-order chi connectivity index (χ0) is 12.5. The van der Waals surface area contributed by atoms with Crippen LogP contribution in [0.1, 0.15) is 45.4 Å². The summed E-state index contributed by atoms with van der Waals surface area (Å²) in [5.74, 6) is 0.908. The number of rotatable bonds is 8. The van der Waals surface area contributed by atoms with Crippen LogP contribution in [-0.4, -0.2) is 49.3 Å². The van der Waals surface area contributed by atoms with E-state index in [1.807, 2.05) is 0 Å². The van der Waals surface area contributed by atoms with Crippen molar-refractivity contribution in [1.29, 1.82) is 0 Å². The lowest BCUT2D eigenvalue weighted by atomic mass is 9.89. The van der Waals surface area contributed by atoms with Crippen molar-refractivity contribution in [2.45, 2.75) is 51.5 Å². The number of aliphatic hydroxyl groups excluding tert-OH is 1. The van der Waals surface area contributed by atoms with E-state index < -0.39 is 0 Å². The third-order valence-corrected chi connectivity index (χ3v) is 3.80. The van der Waals surface area contributed by atoms with Crippen LogP contribution in [0, 0.1) is 5.92 Å². The molecule has 1 rings (SSSR count). The van der Waals surface area contributed by atoms with Gasteiger partial charge in [-0.05, 0) is 38.8 Å². The Morgan fingerprint density at radius 2 is 2.00 bits per heavy atom. The van der Waals surface area contributed by atoms with Crippen LogP contribution < -0.4 is 5.32 Å². The monoisotopic (exact) mass is 242 g/mol. The maximum absolute atomic E-state index is 9.04. The Bertz CT molecular complexity index is 175. The largest absolute Gasteiger partial charge is 0.396 e. The van der Waals surface area contributed by atoms with Gasteiger partial charge < -0.3 is 15.3 Å². The van der Waals surface area contributed by atoms with Gasteiger partial charge in [0, 0.05) is 25.7 Å². The normalized spacial score (nSPS) is 19.8. The molecule has 0 aromatic heterocycles. The molecule has 1 unspecified atom stereocenters. The predicted molar refractivity (Wildman–Crippen MR) is 73.2 cm³/mol. The second-order valence-electron chi connectivity index (χ2n) is 5.49. The van der Waals surface area contributed by atoms with Crippen molar-refractivity contribution in [3.63, 3.8) is 0 Å². The zero-order valence-corrected chi connectivity index (χ0v) is 11.6. The summed E-state index contributed by atoms with van der Waals surface area (Å²) in [6, 6.07) is 0.443. The molecule has 0 aliphatic heterocycles. The minimum absolute atomic E-state index is 0.287. The molecule has 3 heteroatoms. The van der Waals surface area contributed by atoms with Gasteiger partial charge in [0.05, 0.1) is 0 Å². The number of likely N-dealkylation sites (N-methyl/N-ethyl adjacent to an activating group) is 2. The van der Waals surface area contributed by atoms with Crippen LogP contribution in [0.5, 0.6) is 0 Å². The molecule has 1 atom stereocenters. The zero-order valence-electron chi connectivity index (χ0n) is 11.6. The molecule has 0 saturated heterocycles. The van der Waals surface area contributed by atoms with Crippen LogP contribution in [0.25, 0.3) is 0 Å². The van der Waals surface area contributed by atoms with E-state index in [0.717, 1.165) is 25.4 Å². The standard InChI is InChI=1S/C14H30N2O/c1-3-15-14(9-10-17)12-16(2)11-13-7-5-4-6-8-13/h13-15,17H,3-12H2,1-2H3. The summed E-state index contributed by atoms with van der Waals surface area (Å²) in [4.78, 5) is 2.44. The SMILES string of the molecule is CCNC(CCO)CN(C)CC1CCCCC1. The molecule has 2 N–H and O–H groups in total. The smallest absolute Gasteiger partial charge is 0.0446 e. The van der Waals surface area contributed by atoms with Crippen LogP contribution in [0.2, 0.25) is 0 Å². The van der Waals surface area contributed by atoms with E-state index in [9.17, 15) is 0 Å². The Hall–Kier alpha value is -0.120. The minimum atomic E-state index is 0.287. The summed E-state index contributed by atoms with van der Waals surface area (Å²) >= 11 is 0. The van der Waals surface area contributed by atoms with Gasteiger partial charge in [0.1, 0.15) is 0 Å². The lowest BCUT2D eigenvalue weighted by molar-refractivity contribution is 0.196. The quantitative estimate of drug-likeness (QED) is 0.682. The van der Waals surface area contributed by atoms with E-state index in [2.05, 4.69) is 24.2 Å². The van der Waals surface area contributed by atoms with Crippen molar-refractivity contribution in [2.24, 2.45) is 5.92 Å². The molecule has 0 heterocycles. The Morgan fingerprint density at radius 1 is 1.29 bits per heavy atom. The Labute approximate surface area is 107 Å². The van der Waals surface area contributed by atoms with Crippen molar-refractivity contribution in [1.82, 2.24) is 10.2 Å². The predicted octanol–water partition coefficient (Wildman–Crippen LogP) is 1.86. The van der Waals surface area contributed by atoms with Gasteiger partial charge in [-0.25, -0.2) is 0 Å². The molecule has 1 fully saturated rings. The van der Waals surface area contributed by atoms with Gasteiger partial charge in [0.15, 0.2) is 0 Å². The molecule has 1 aliphatic carbocycles. The number of aliphatic hydroxyl groups is 1. The number of hydrogen-bond donors (Lipinski definition) is 2. The Balaban J connectivity index is 2.22. The Morgan fingerprint density at radius 3 is 2.59 bits per heavy atom. The van der Waals surface area contributed by atoms with E-state index in [0.29, 0.717) is 6.04 Å². The van der Waals surface area contributed by atoms with E-state index >= 15 is 0 Å². The highest BCUT2D eigenvalue weighted by Gasteiger charge is 2.17. The van der Waals surface area contributed by atoms with E-state index in [1.54, 1.807) is 0 Å². The molecule has 17 heavy (non-hydrogen) atoms. The Kier molecular flexibility index (Phi) is 7.82. The molecule has 1 saturated carbocycles. The molecule has 0 radical (unpaired) electrons. The first kappa shape index (κ1) is 14.9. The molecule has 1 aliphatic rings. The molecule has 0 aromatic rings. The summed E-state index contributed by atoms with van der Waals surface area (Å²) < 4.78 is 0. The average molecular weight is 242 g/mol.